The van der Waals surface area contributed by atoms with E-state index in [4.69, 9.17) is 13.8 Å². The number of ether oxygens (including phenoxy) is 1. The van der Waals surface area contributed by atoms with Crippen LogP contribution in [0, 0.1) is 0 Å². The quantitative estimate of drug-likeness (QED) is 0.0212. The van der Waals surface area contributed by atoms with Gasteiger partial charge < -0.3 is 28.5 Å². The van der Waals surface area contributed by atoms with Gasteiger partial charge in [-0.3, -0.25) is 14.2 Å². The van der Waals surface area contributed by atoms with Crippen molar-refractivity contribution in [2.75, 3.05) is 40.9 Å². The Morgan fingerprint density at radius 3 is 1.11 bits per heavy atom. The minimum absolute atomic E-state index is 0.0288. The molecule has 1 N–H and O–H groups in total. The largest absolute Gasteiger partial charge is 0.756 e. The summed E-state index contributed by atoms with van der Waals surface area (Å²) in [4.78, 5) is 40.2. The van der Waals surface area contributed by atoms with Crippen LogP contribution < -0.4 is 10.2 Å². The van der Waals surface area contributed by atoms with Crippen LogP contribution in [0.4, 0.5) is 0 Å². The maximum absolute atomic E-state index is 13.6. The highest BCUT2D eigenvalue weighted by Gasteiger charge is 2.27. The lowest BCUT2D eigenvalue weighted by molar-refractivity contribution is -0.870. The third kappa shape index (κ3) is 63.4. The second-order valence-corrected chi connectivity index (χ2v) is 26.1. The zero-order valence-corrected chi connectivity index (χ0v) is 56.5. The Balaban J connectivity index is 5.14. The van der Waals surface area contributed by atoms with E-state index in [1.807, 2.05) is 33.3 Å². The average Bonchev–Trinajstić information content (AvgIpc) is 3.65. The Kier molecular flexibility index (Phi) is 60.7. The molecule has 486 valence electrons. The van der Waals surface area contributed by atoms with Gasteiger partial charge >= 0.3 is 5.97 Å². The van der Waals surface area contributed by atoms with E-state index >= 15 is 0 Å². The van der Waals surface area contributed by atoms with Gasteiger partial charge in [-0.2, -0.15) is 0 Å². The maximum Gasteiger partial charge on any atom is 0.306 e. The van der Waals surface area contributed by atoms with E-state index in [1.165, 1.54) is 161 Å². The molecule has 9 nitrogen and oxygen atoms in total. The lowest BCUT2D eigenvalue weighted by Crippen LogP contribution is -2.47. The number of phosphoric ester groups is 1. The summed E-state index contributed by atoms with van der Waals surface area (Å²) >= 11 is 0. The fourth-order valence-corrected chi connectivity index (χ4v) is 10.5. The lowest BCUT2D eigenvalue weighted by Gasteiger charge is -2.30. The van der Waals surface area contributed by atoms with Crippen molar-refractivity contribution in [1.82, 2.24) is 5.32 Å². The summed E-state index contributed by atoms with van der Waals surface area (Å²) < 4.78 is 30.4. The van der Waals surface area contributed by atoms with E-state index in [-0.39, 0.29) is 24.9 Å². The predicted molar refractivity (Wildman–Crippen MR) is 362 cm³/mol. The standard InChI is InChI=1S/C74H133N2O7P/c1-7-10-13-16-19-22-25-28-30-32-34-36-38-40-42-44-46-48-51-54-57-60-63-66-73(77)75-71(70-82-84(79,80)81-69-68-76(4,5)6)72(65-62-59-56-53-50-27-24-21-18-15-12-9-3)83-74(78)67-64-61-58-55-52-49-47-45-43-41-39-37-35-33-31-29-26-23-20-17-14-11-8-2/h19-20,22-23,28-31,34-37,41,43,62,65,71-72H,7-18,21,24-27,32-33,38-40,42,44-61,63-64,66-70H2,1-6H3,(H-,75,77,79,80)/b22-19-,23-20-,30-28-,31-29-,36-34-,37-35-,43-41-,65-62+. The van der Waals surface area contributed by atoms with Crippen LogP contribution in [0.25, 0.3) is 0 Å². The molecule has 10 heteroatoms. The number of amides is 1. The summed E-state index contributed by atoms with van der Waals surface area (Å²) in [5.74, 6) is -0.555. The molecule has 0 aromatic carbocycles. The van der Waals surface area contributed by atoms with E-state index in [0.29, 0.717) is 23.9 Å². The molecule has 0 rings (SSSR count). The number of carbonyl (C=O) groups excluding carboxylic acids is 2. The third-order valence-corrected chi connectivity index (χ3v) is 16.2. The number of allylic oxidation sites excluding steroid dienone is 15. The Morgan fingerprint density at radius 2 is 0.726 bits per heavy atom. The molecule has 0 aliphatic heterocycles. The Morgan fingerprint density at radius 1 is 0.417 bits per heavy atom. The van der Waals surface area contributed by atoms with Crippen LogP contribution in [0.3, 0.4) is 0 Å². The fraction of sp³-hybridized carbons (Fsp3) is 0.757. The van der Waals surface area contributed by atoms with Gasteiger partial charge in [-0.25, -0.2) is 0 Å². The molecule has 0 bridgehead atoms. The van der Waals surface area contributed by atoms with Crippen molar-refractivity contribution in [2.24, 2.45) is 0 Å². The van der Waals surface area contributed by atoms with E-state index in [1.54, 1.807) is 0 Å². The minimum atomic E-state index is -4.71. The monoisotopic (exact) mass is 1190 g/mol. The summed E-state index contributed by atoms with van der Waals surface area (Å²) in [5, 5.41) is 3.04. The van der Waals surface area contributed by atoms with Gasteiger partial charge in [0.25, 0.3) is 7.82 Å². The van der Waals surface area contributed by atoms with Crippen LogP contribution in [0.15, 0.2) is 97.2 Å². The number of quaternary nitrogens is 1. The number of unbranched alkanes of at least 4 members (excludes halogenated alkanes) is 33. The van der Waals surface area contributed by atoms with Crippen molar-refractivity contribution in [3.8, 4) is 0 Å². The summed E-state index contributed by atoms with van der Waals surface area (Å²) in [6, 6.07) is -0.901. The number of rotatable bonds is 63. The summed E-state index contributed by atoms with van der Waals surface area (Å²) in [6.07, 6.45) is 85.2. The fourth-order valence-electron chi connectivity index (χ4n) is 9.81. The van der Waals surface area contributed by atoms with Gasteiger partial charge in [0, 0.05) is 12.8 Å². The van der Waals surface area contributed by atoms with Gasteiger partial charge in [0.1, 0.15) is 19.3 Å². The number of likely N-dealkylation sites (N-methyl/N-ethyl adjacent to an activating group) is 1. The summed E-state index contributed by atoms with van der Waals surface area (Å²) in [6.45, 7) is 6.79. The summed E-state index contributed by atoms with van der Waals surface area (Å²) in [7, 11) is 1.17. The van der Waals surface area contributed by atoms with E-state index < -0.39 is 26.6 Å². The molecular weight excluding hydrogens is 1060 g/mol. The first-order valence-electron chi connectivity index (χ1n) is 35.0. The number of hydrogen-bond donors (Lipinski definition) is 1. The first-order valence-corrected chi connectivity index (χ1v) is 36.5. The molecule has 0 radical (unpaired) electrons. The molecule has 0 saturated heterocycles. The molecule has 0 aliphatic rings. The molecule has 0 heterocycles. The minimum Gasteiger partial charge on any atom is -0.756 e. The zero-order chi connectivity index (χ0) is 61.4. The molecule has 0 fully saturated rings. The number of hydrogen-bond acceptors (Lipinski definition) is 7. The first kappa shape index (κ1) is 80.9. The number of nitrogens with one attached hydrogen (secondary N) is 1. The molecule has 0 saturated carbocycles. The van der Waals surface area contributed by atoms with Crippen molar-refractivity contribution in [3.05, 3.63) is 97.2 Å². The number of carbonyl (C=O) groups is 2. The van der Waals surface area contributed by atoms with Crippen LogP contribution in [-0.2, 0) is 27.9 Å². The van der Waals surface area contributed by atoms with Crippen molar-refractivity contribution in [1.29, 1.82) is 0 Å². The number of phosphoric acid groups is 1. The molecule has 0 spiro atoms. The van der Waals surface area contributed by atoms with Crippen LogP contribution in [0.1, 0.15) is 310 Å². The highest BCUT2D eigenvalue weighted by Crippen LogP contribution is 2.38. The van der Waals surface area contributed by atoms with Gasteiger partial charge in [-0.15, -0.1) is 0 Å². The van der Waals surface area contributed by atoms with E-state index in [0.717, 1.165) is 109 Å². The number of nitrogens with zero attached hydrogens (tertiary/aromatic N) is 1. The molecule has 1 amide bonds. The van der Waals surface area contributed by atoms with Gasteiger partial charge in [0.2, 0.25) is 5.91 Å². The zero-order valence-electron chi connectivity index (χ0n) is 55.6. The smallest absolute Gasteiger partial charge is 0.306 e. The van der Waals surface area contributed by atoms with Crippen molar-refractivity contribution < 1.29 is 37.3 Å². The highest BCUT2D eigenvalue weighted by atomic mass is 31.2. The van der Waals surface area contributed by atoms with Crippen molar-refractivity contribution in [2.45, 2.75) is 322 Å². The highest BCUT2D eigenvalue weighted by molar-refractivity contribution is 7.45. The SMILES string of the molecule is CCCCC/C=C\C/C=C\C/C=C\C/C=C\CCCCCCCCCC(=O)OC(/C=C/CCCCCCCCCCCC)C(COP(=O)([O-])OCC[N+](C)(C)C)NC(=O)CCCCCCCCCCCC/C=C\C/C=C\C/C=C\CCCCC. The van der Waals surface area contributed by atoms with Crippen LogP contribution in [0.2, 0.25) is 0 Å². The third-order valence-electron chi connectivity index (χ3n) is 15.2. The first-order chi connectivity index (χ1) is 40.9. The van der Waals surface area contributed by atoms with Gasteiger partial charge in [-0.1, -0.05) is 279 Å². The van der Waals surface area contributed by atoms with Crippen LogP contribution in [0.5, 0.6) is 0 Å². The Hall–Kier alpha value is -3.07. The van der Waals surface area contributed by atoms with E-state index in [9.17, 15) is 19.0 Å². The molecule has 0 aliphatic carbocycles. The predicted octanol–water partition coefficient (Wildman–Crippen LogP) is 21.7. The molecule has 3 atom stereocenters. The second-order valence-electron chi connectivity index (χ2n) is 24.7. The average molecular weight is 1190 g/mol. The van der Waals surface area contributed by atoms with Crippen molar-refractivity contribution in [3.63, 3.8) is 0 Å². The topological polar surface area (TPSA) is 114 Å². The van der Waals surface area contributed by atoms with Crippen LogP contribution in [-0.4, -0.2) is 69.4 Å². The van der Waals surface area contributed by atoms with Gasteiger partial charge in [-0.05, 0) is 115 Å². The molecule has 3 unspecified atom stereocenters. The number of esters is 1. The Labute approximate surface area is 519 Å². The van der Waals surface area contributed by atoms with E-state index in [2.05, 4.69) is 111 Å². The molecule has 0 aromatic heterocycles. The van der Waals surface area contributed by atoms with Gasteiger partial charge in [0.15, 0.2) is 0 Å². The molecular formula is C74H133N2O7P. The van der Waals surface area contributed by atoms with Crippen LogP contribution >= 0.6 is 7.82 Å². The van der Waals surface area contributed by atoms with Gasteiger partial charge in [0.05, 0.1) is 33.8 Å². The normalized spacial score (nSPS) is 14.1. The molecule has 84 heavy (non-hydrogen) atoms. The van der Waals surface area contributed by atoms with Crippen molar-refractivity contribution >= 4 is 19.7 Å². The maximum atomic E-state index is 13.6. The summed E-state index contributed by atoms with van der Waals surface area (Å²) in [5.41, 5.74) is 0. The Bertz CT molecular complexity index is 1760. The lowest BCUT2D eigenvalue weighted by atomic mass is 10.0. The second kappa shape index (κ2) is 63.0. The molecule has 0 aromatic rings.